The van der Waals surface area contributed by atoms with Gasteiger partial charge in [-0.25, -0.2) is 5.43 Å². The minimum Gasteiger partial charge on any atom is -0.493 e. The van der Waals surface area contributed by atoms with Crippen LogP contribution in [0.2, 0.25) is 0 Å². The number of aryl methyl sites for hydroxylation is 1. The molecule has 0 bridgehead atoms. The second kappa shape index (κ2) is 10.8. The first kappa shape index (κ1) is 22.5. The van der Waals surface area contributed by atoms with Gasteiger partial charge in [-0.3, -0.25) is 0 Å². The molecule has 8 heteroatoms. The molecule has 0 radical (unpaired) electrons. The van der Waals surface area contributed by atoms with E-state index in [-0.39, 0.29) is 0 Å². The molecule has 4 rings (SSSR count). The molecule has 0 aliphatic carbocycles. The lowest BCUT2D eigenvalue weighted by atomic mass is 10.2. The molecule has 2 aromatic carbocycles. The van der Waals surface area contributed by atoms with Gasteiger partial charge in [0, 0.05) is 11.9 Å². The van der Waals surface area contributed by atoms with Gasteiger partial charge in [0.15, 0.2) is 17.1 Å². The molecule has 0 spiro atoms. The maximum Gasteiger partial charge on any atom is 0.265 e. The molecular weight excluding hydrogens is 416 g/mol. The summed E-state index contributed by atoms with van der Waals surface area (Å²) in [6.45, 7) is 5.86. The minimum absolute atomic E-state index is 0.349. The van der Waals surface area contributed by atoms with Crippen LogP contribution in [0.3, 0.4) is 0 Å². The van der Waals surface area contributed by atoms with Crippen LogP contribution in [0.4, 0.5) is 5.95 Å². The van der Waals surface area contributed by atoms with Crippen LogP contribution in [0.15, 0.2) is 47.6 Å². The van der Waals surface area contributed by atoms with E-state index in [1.807, 2.05) is 30.3 Å². The molecule has 0 aliphatic heterocycles. The van der Waals surface area contributed by atoms with Gasteiger partial charge in [0.2, 0.25) is 0 Å². The van der Waals surface area contributed by atoms with Crippen molar-refractivity contribution in [3.63, 3.8) is 0 Å². The number of anilines is 1. The van der Waals surface area contributed by atoms with Crippen molar-refractivity contribution in [2.75, 3.05) is 19.1 Å². The summed E-state index contributed by atoms with van der Waals surface area (Å²) >= 11 is 0. The minimum atomic E-state index is 0.349. The van der Waals surface area contributed by atoms with Crippen molar-refractivity contribution < 1.29 is 9.47 Å². The molecule has 0 fully saturated rings. The molecule has 0 atom stereocenters. The van der Waals surface area contributed by atoms with E-state index in [0.29, 0.717) is 18.3 Å². The second-order valence-corrected chi connectivity index (χ2v) is 7.81. The van der Waals surface area contributed by atoms with Crippen molar-refractivity contribution in [1.82, 2.24) is 19.7 Å². The Hall–Kier alpha value is -3.68. The Morgan fingerprint density at radius 3 is 2.73 bits per heavy atom. The lowest BCUT2D eigenvalue weighted by Crippen LogP contribution is -2.03. The van der Waals surface area contributed by atoms with Gasteiger partial charge in [-0.2, -0.15) is 10.1 Å². The average molecular weight is 447 g/mol. The summed E-state index contributed by atoms with van der Waals surface area (Å²) in [6.07, 6.45) is 6.04. The van der Waals surface area contributed by atoms with Crippen molar-refractivity contribution in [3.8, 4) is 11.5 Å². The number of unbranched alkanes of at least 4 members (excludes halogenated alkanes) is 2. The number of ether oxygens (including phenoxy) is 2. The first-order chi connectivity index (χ1) is 16.2. The highest BCUT2D eigenvalue weighted by Gasteiger charge is 2.13. The Kier molecular flexibility index (Phi) is 7.34. The summed E-state index contributed by atoms with van der Waals surface area (Å²) < 4.78 is 13.5. The third-order valence-corrected chi connectivity index (χ3v) is 5.39. The van der Waals surface area contributed by atoms with Gasteiger partial charge in [-0.05, 0) is 42.7 Å². The lowest BCUT2D eigenvalue weighted by molar-refractivity contribution is 0.286. The molecule has 172 valence electrons. The number of nitrogens with one attached hydrogen (secondary N) is 1. The third-order valence-electron chi connectivity index (χ3n) is 5.39. The number of fused-ring (bicyclic) bond motifs is 3. The molecule has 4 aromatic rings. The zero-order valence-corrected chi connectivity index (χ0v) is 19.4. The summed E-state index contributed by atoms with van der Waals surface area (Å²) in [7, 11) is 1.64. The first-order valence-corrected chi connectivity index (χ1v) is 11.5. The molecule has 8 nitrogen and oxygen atoms in total. The normalized spacial score (nSPS) is 11.5. The number of hydrogen-bond donors (Lipinski definition) is 1. The number of aromatic nitrogens is 4. The highest BCUT2D eigenvalue weighted by Crippen LogP contribution is 2.28. The van der Waals surface area contributed by atoms with Crippen LogP contribution in [0.1, 0.15) is 45.1 Å². The summed E-state index contributed by atoms with van der Waals surface area (Å²) in [5.41, 5.74) is 6.48. The number of methoxy groups -OCH3 is 1. The molecule has 0 unspecified atom stereocenters. The quantitative estimate of drug-likeness (QED) is 0.188. The van der Waals surface area contributed by atoms with Crippen molar-refractivity contribution in [2.45, 2.75) is 46.1 Å². The molecule has 0 saturated carbocycles. The number of rotatable bonds is 11. The number of hydrazone groups is 1. The van der Waals surface area contributed by atoms with Crippen LogP contribution in [0.25, 0.3) is 22.1 Å². The highest BCUT2D eigenvalue weighted by molar-refractivity contribution is 6.04. The van der Waals surface area contributed by atoms with Crippen LogP contribution in [-0.4, -0.2) is 39.7 Å². The predicted octanol–water partition coefficient (Wildman–Crippen LogP) is 5.41. The second-order valence-electron chi connectivity index (χ2n) is 7.81. The molecule has 33 heavy (non-hydrogen) atoms. The Morgan fingerprint density at radius 2 is 1.91 bits per heavy atom. The maximum absolute atomic E-state index is 5.84. The first-order valence-electron chi connectivity index (χ1n) is 11.5. The predicted molar refractivity (Wildman–Crippen MR) is 132 cm³/mol. The van der Waals surface area contributed by atoms with E-state index in [4.69, 9.17) is 9.47 Å². The Morgan fingerprint density at radius 1 is 1.03 bits per heavy atom. The van der Waals surface area contributed by atoms with E-state index >= 15 is 0 Å². The third kappa shape index (κ3) is 5.05. The Labute approximate surface area is 193 Å². The van der Waals surface area contributed by atoms with E-state index < -0.39 is 0 Å². The fourth-order valence-corrected chi connectivity index (χ4v) is 3.78. The SMILES string of the molecule is CCCCCOc1ccc(/C=N/Nc2nnc3c4ccccc4n(CCC)c3n2)cc1OC. The van der Waals surface area contributed by atoms with Crippen molar-refractivity contribution >= 4 is 34.2 Å². The Bertz CT molecular complexity index is 1250. The zero-order chi connectivity index (χ0) is 23.0. The van der Waals surface area contributed by atoms with Crippen LogP contribution in [0, 0.1) is 0 Å². The molecule has 1 N–H and O–H groups in total. The molecule has 0 amide bonds. The summed E-state index contributed by atoms with van der Waals surface area (Å²) in [5, 5.41) is 14.0. The van der Waals surface area contributed by atoms with Crippen molar-refractivity contribution in [1.29, 1.82) is 0 Å². The van der Waals surface area contributed by atoms with Crippen LogP contribution < -0.4 is 14.9 Å². The zero-order valence-electron chi connectivity index (χ0n) is 19.4. The monoisotopic (exact) mass is 446 g/mol. The Balaban J connectivity index is 1.50. The van der Waals surface area contributed by atoms with Gasteiger partial charge >= 0.3 is 0 Å². The summed E-state index contributed by atoms with van der Waals surface area (Å²) in [4.78, 5) is 4.68. The van der Waals surface area contributed by atoms with Gasteiger partial charge < -0.3 is 14.0 Å². The fraction of sp³-hybridized carbons (Fsp3) is 0.360. The van der Waals surface area contributed by atoms with Crippen LogP contribution in [0.5, 0.6) is 11.5 Å². The lowest BCUT2D eigenvalue weighted by Gasteiger charge is -2.11. The average Bonchev–Trinajstić information content (AvgIpc) is 3.16. The van der Waals surface area contributed by atoms with E-state index in [1.54, 1.807) is 13.3 Å². The molecule has 2 aromatic heterocycles. The standard InChI is InChI=1S/C25H30N6O2/c1-4-6-9-15-33-21-13-12-18(16-22(21)32-3)17-26-29-25-27-24-23(28-30-25)19-10-7-8-11-20(19)31(24)14-5-2/h7-8,10-13,16-17H,4-6,9,14-15H2,1-3H3,(H,27,29,30)/b26-17+. The maximum atomic E-state index is 5.84. The van der Waals surface area contributed by atoms with E-state index in [0.717, 1.165) is 65.6 Å². The number of para-hydroxylation sites is 1. The number of benzene rings is 2. The van der Waals surface area contributed by atoms with Gasteiger partial charge in [0.1, 0.15) is 5.52 Å². The summed E-state index contributed by atoms with van der Waals surface area (Å²) in [6, 6.07) is 13.9. The summed E-state index contributed by atoms with van der Waals surface area (Å²) in [5.74, 6) is 1.76. The van der Waals surface area contributed by atoms with Crippen LogP contribution in [-0.2, 0) is 6.54 Å². The topological polar surface area (TPSA) is 86.5 Å². The molecule has 2 heterocycles. The largest absolute Gasteiger partial charge is 0.493 e. The van der Waals surface area contributed by atoms with E-state index in [9.17, 15) is 0 Å². The molecule has 0 saturated heterocycles. The van der Waals surface area contributed by atoms with E-state index in [1.165, 1.54) is 0 Å². The molecular formula is C25H30N6O2. The number of hydrogen-bond acceptors (Lipinski definition) is 7. The van der Waals surface area contributed by atoms with Crippen molar-refractivity contribution in [3.05, 3.63) is 48.0 Å². The van der Waals surface area contributed by atoms with E-state index in [2.05, 4.69) is 56.3 Å². The fourth-order valence-electron chi connectivity index (χ4n) is 3.78. The van der Waals surface area contributed by atoms with Crippen LogP contribution >= 0.6 is 0 Å². The van der Waals surface area contributed by atoms with Gasteiger partial charge in [-0.15, -0.1) is 10.2 Å². The smallest absolute Gasteiger partial charge is 0.265 e. The highest BCUT2D eigenvalue weighted by atomic mass is 16.5. The van der Waals surface area contributed by atoms with Crippen molar-refractivity contribution in [2.24, 2.45) is 5.10 Å². The van der Waals surface area contributed by atoms with Gasteiger partial charge in [-0.1, -0.05) is 44.9 Å². The van der Waals surface area contributed by atoms with Gasteiger partial charge in [0.05, 0.1) is 25.4 Å². The number of nitrogens with zero attached hydrogens (tertiary/aromatic N) is 5. The molecule has 0 aliphatic rings. The van der Waals surface area contributed by atoms with Gasteiger partial charge in [0.25, 0.3) is 5.95 Å².